The highest BCUT2D eigenvalue weighted by Gasteiger charge is 2.22. The monoisotopic (exact) mass is 446 g/mol. The third kappa shape index (κ3) is 3.63. The lowest BCUT2D eigenvalue weighted by molar-refractivity contribution is 0.419. The summed E-state index contributed by atoms with van der Waals surface area (Å²) in [6.45, 7) is 3.76. The number of nitrogens with one attached hydrogen (secondary N) is 1. The van der Waals surface area contributed by atoms with Gasteiger partial charge in [-0.2, -0.15) is 4.98 Å². The Labute approximate surface area is 184 Å². The molecule has 0 radical (unpaired) electrons. The number of hydrogen-bond acceptors (Lipinski definition) is 7. The van der Waals surface area contributed by atoms with Gasteiger partial charge in [0.15, 0.2) is 5.76 Å². The quantitative estimate of drug-likeness (QED) is 0.406. The Kier molecular flexibility index (Phi) is 4.75. The van der Waals surface area contributed by atoms with Gasteiger partial charge in [-0.05, 0) is 56.3 Å². The maximum Gasteiger partial charge on any atom is 0.294 e. The molecule has 0 unspecified atom stereocenters. The van der Waals surface area contributed by atoms with E-state index in [1.807, 2.05) is 32.0 Å². The van der Waals surface area contributed by atoms with Crippen LogP contribution in [0.25, 0.3) is 34.0 Å². The third-order valence-electron chi connectivity index (χ3n) is 5.06. The van der Waals surface area contributed by atoms with E-state index in [4.69, 9.17) is 8.94 Å². The van der Waals surface area contributed by atoms with Crippen molar-refractivity contribution in [1.29, 1.82) is 0 Å². The predicted octanol–water partition coefficient (Wildman–Crippen LogP) is 4.96. The van der Waals surface area contributed by atoms with Crippen molar-refractivity contribution in [3.63, 3.8) is 0 Å². The lowest BCUT2D eigenvalue weighted by Crippen LogP contribution is -2.12. The molecule has 1 N–H and O–H groups in total. The number of hydrogen-bond donors (Lipinski definition) is 1. The summed E-state index contributed by atoms with van der Waals surface area (Å²) in [5, 5.41) is 4.64. The Balaban J connectivity index is 1.50. The summed E-state index contributed by atoms with van der Waals surface area (Å²) in [5.74, 6) is 0.988. The molecule has 0 atom stereocenters. The average molecular weight is 446 g/mol. The van der Waals surface area contributed by atoms with E-state index in [2.05, 4.69) is 19.8 Å². The SMILES string of the molecule is Cc1ccc(NS(=O)(=O)c2ccc3oc(-c4nc(-c5cccnc5)no4)c(C)c3c2)cc1. The van der Waals surface area contributed by atoms with Gasteiger partial charge >= 0.3 is 0 Å². The number of aryl methyl sites for hydroxylation is 2. The van der Waals surface area contributed by atoms with Crippen molar-refractivity contribution >= 4 is 26.7 Å². The zero-order valence-electron chi connectivity index (χ0n) is 17.2. The van der Waals surface area contributed by atoms with Crippen molar-refractivity contribution in [2.75, 3.05) is 4.72 Å². The normalized spacial score (nSPS) is 11.7. The van der Waals surface area contributed by atoms with Crippen LogP contribution in [0.5, 0.6) is 0 Å². The molecule has 160 valence electrons. The highest BCUT2D eigenvalue weighted by molar-refractivity contribution is 7.92. The molecular formula is C23H18N4O4S. The van der Waals surface area contributed by atoms with Gasteiger partial charge in [0, 0.05) is 34.6 Å². The van der Waals surface area contributed by atoms with E-state index in [0.29, 0.717) is 39.4 Å². The van der Waals surface area contributed by atoms with E-state index in [1.54, 1.807) is 42.7 Å². The van der Waals surface area contributed by atoms with E-state index in [1.165, 1.54) is 6.07 Å². The Morgan fingerprint density at radius 2 is 1.81 bits per heavy atom. The number of pyridine rings is 1. The van der Waals surface area contributed by atoms with E-state index in [9.17, 15) is 8.42 Å². The van der Waals surface area contributed by atoms with Crippen molar-refractivity contribution in [1.82, 2.24) is 15.1 Å². The molecule has 5 aromatic rings. The number of sulfonamides is 1. The van der Waals surface area contributed by atoms with Crippen LogP contribution in [0.2, 0.25) is 0 Å². The summed E-state index contributed by atoms with van der Waals surface area (Å²) in [5.41, 5.74) is 3.48. The molecule has 0 aliphatic carbocycles. The number of furan rings is 1. The number of aromatic nitrogens is 3. The third-order valence-corrected chi connectivity index (χ3v) is 6.44. The van der Waals surface area contributed by atoms with E-state index >= 15 is 0 Å². The first-order valence-corrected chi connectivity index (χ1v) is 11.3. The van der Waals surface area contributed by atoms with Crippen LogP contribution >= 0.6 is 0 Å². The first-order chi connectivity index (χ1) is 15.4. The molecule has 0 saturated carbocycles. The van der Waals surface area contributed by atoms with Crippen LogP contribution in [0.1, 0.15) is 11.1 Å². The van der Waals surface area contributed by atoms with Gasteiger partial charge < -0.3 is 8.94 Å². The van der Waals surface area contributed by atoms with Crippen LogP contribution in [0.3, 0.4) is 0 Å². The van der Waals surface area contributed by atoms with Crippen molar-refractivity contribution < 1.29 is 17.4 Å². The average Bonchev–Trinajstić information content (AvgIpc) is 3.41. The minimum absolute atomic E-state index is 0.127. The van der Waals surface area contributed by atoms with Gasteiger partial charge in [0.25, 0.3) is 15.9 Å². The Morgan fingerprint density at radius 3 is 2.56 bits per heavy atom. The summed E-state index contributed by atoms with van der Waals surface area (Å²) >= 11 is 0. The smallest absolute Gasteiger partial charge is 0.294 e. The fraction of sp³-hybridized carbons (Fsp3) is 0.0870. The number of anilines is 1. The van der Waals surface area contributed by atoms with Crippen molar-refractivity contribution in [3.8, 4) is 23.0 Å². The minimum atomic E-state index is -3.77. The Hall–Kier alpha value is -3.98. The number of benzene rings is 2. The molecule has 32 heavy (non-hydrogen) atoms. The van der Waals surface area contributed by atoms with Gasteiger partial charge in [0.05, 0.1) is 4.90 Å². The molecular weight excluding hydrogens is 428 g/mol. The Bertz CT molecular complexity index is 1520. The zero-order chi connectivity index (χ0) is 22.3. The molecule has 5 rings (SSSR count). The maximum absolute atomic E-state index is 12.9. The fourth-order valence-corrected chi connectivity index (χ4v) is 4.42. The standard InChI is InChI=1S/C23H18N4O4S/c1-14-5-7-17(8-6-14)27-32(28,29)18-9-10-20-19(12-18)15(2)21(30-20)23-25-22(26-31-23)16-4-3-11-24-13-16/h3-13,27H,1-2H3. The molecule has 9 heteroatoms. The molecule has 0 spiro atoms. The molecule has 8 nitrogen and oxygen atoms in total. The summed E-state index contributed by atoms with van der Waals surface area (Å²) in [6.07, 6.45) is 3.30. The van der Waals surface area contributed by atoms with Crippen molar-refractivity contribution in [2.45, 2.75) is 18.7 Å². The van der Waals surface area contributed by atoms with Gasteiger partial charge in [0.1, 0.15) is 5.58 Å². The van der Waals surface area contributed by atoms with Crippen LogP contribution in [0.15, 0.2) is 80.8 Å². The Morgan fingerprint density at radius 1 is 1.00 bits per heavy atom. The molecule has 3 heterocycles. The molecule has 2 aromatic carbocycles. The maximum atomic E-state index is 12.9. The first kappa shape index (κ1) is 20.0. The summed E-state index contributed by atoms with van der Waals surface area (Å²) in [7, 11) is -3.77. The van der Waals surface area contributed by atoms with Crippen LogP contribution in [0, 0.1) is 13.8 Å². The van der Waals surface area contributed by atoms with Crippen LogP contribution in [-0.4, -0.2) is 23.5 Å². The van der Waals surface area contributed by atoms with Crippen LogP contribution < -0.4 is 4.72 Å². The minimum Gasteiger partial charge on any atom is -0.451 e. The molecule has 0 fully saturated rings. The molecule has 3 aromatic heterocycles. The van der Waals surface area contributed by atoms with Crippen LogP contribution in [-0.2, 0) is 10.0 Å². The summed E-state index contributed by atoms with van der Waals surface area (Å²) < 4.78 is 39.7. The molecule has 0 saturated heterocycles. The lowest BCUT2D eigenvalue weighted by Gasteiger charge is -2.08. The number of nitrogens with zero attached hydrogens (tertiary/aromatic N) is 3. The van der Waals surface area contributed by atoms with Gasteiger partial charge in [-0.3, -0.25) is 9.71 Å². The highest BCUT2D eigenvalue weighted by Crippen LogP contribution is 2.34. The van der Waals surface area contributed by atoms with E-state index in [0.717, 1.165) is 5.56 Å². The van der Waals surface area contributed by atoms with E-state index in [-0.39, 0.29) is 10.8 Å². The molecule has 0 aliphatic heterocycles. The predicted molar refractivity (Wildman–Crippen MR) is 119 cm³/mol. The second-order valence-corrected chi connectivity index (χ2v) is 9.03. The lowest BCUT2D eigenvalue weighted by atomic mass is 10.1. The van der Waals surface area contributed by atoms with Gasteiger partial charge in [-0.25, -0.2) is 8.42 Å². The van der Waals surface area contributed by atoms with Gasteiger partial charge in [-0.15, -0.1) is 0 Å². The fourth-order valence-electron chi connectivity index (χ4n) is 3.33. The zero-order valence-corrected chi connectivity index (χ0v) is 18.1. The second kappa shape index (κ2) is 7.61. The second-order valence-electron chi connectivity index (χ2n) is 7.35. The topological polar surface area (TPSA) is 111 Å². The number of rotatable bonds is 5. The molecule has 0 aliphatic rings. The summed E-state index contributed by atoms with van der Waals surface area (Å²) in [6, 6.07) is 15.4. The summed E-state index contributed by atoms with van der Waals surface area (Å²) in [4.78, 5) is 8.58. The molecule has 0 amide bonds. The van der Waals surface area contributed by atoms with E-state index < -0.39 is 10.0 Å². The number of fused-ring (bicyclic) bond motifs is 1. The van der Waals surface area contributed by atoms with Crippen LogP contribution in [0.4, 0.5) is 5.69 Å². The van der Waals surface area contributed by atoms with Gasteiger partial charge in [-0.1, -0.05) is 22.9 Å². The van der Waals surface area contributed by atoms with Crippen molar-refractivity contribution in [2.24, 2.45) is 0 Å². The highest BCUT2D eigenvalue weighted by atomic mass is 32.2. The first-order valence-electron chi connectivity index (χ1n) is 9.78. The largest absolute Gasteiger partial charge is 0.451 e. The molecule has 0 bridgehead atoms. The van der Waals surface area contributed by atoms with Crippen molar-refractivity contribution in [3.05, 3.63) is 78.1 Å². The van der Waals surface area contributed by atoms with Gasteiger partial charge in [0.2, 0.25) is 5.82 Å².